The highest BCUT2D eigenvalue weighted by Crippen LogP contribution is 2.42. The van der Waals surface area contributed by atoms with E-state index in [1.807, 2.05) is 11.5 Å². The van der Waals surface area contributed by atoms with Crippen LogP contribution in [0.15, 0.2) is 24.3 Å². The van der Waals surface area contributed by atoms with E-state index in [1.54, 1.807) is 18.2 Å². The van der Waals surface area contributed by atoms with Crippen molar-refractivity contribution < 1.29 is 4.39 Å². The maximum atomic E-state index is 13.8. The van der Waals surface area contributed by atoms with Crippen LogP contribution in [0.25, 0.3) is 11.3 Å². The molecule has 1 heterocycles. The average molecular weight is 245 g/mol. The molecule has 1 aliphatic rings. The van der Waals surface area contributed by atoms with Crippen molar-refractivity contribution in [2.45, 2.75) is 32.2 Å². The minimum Gasteiger partial charge on any atom is -0.383 e. The summed E-state index contributed by atoms with van der Waals surface area (Å²) in [5, 5.41) is 0. The van der Waals surface area contributed by atoms with Gasteiger partial charge in [-0.05, 0) is 31.9 Å². The maximum absolute atomic E-state index is 13.8. The monoisotopic (exact) mass is 245 g/mol. The Bertz CT molecular complexity index is 585. The SMILES string of the molecule is CCn1c(C2CC2)nc(-c2ccccc2F)c1N. The van der Waals surface area contributed by atoms with Gasteiger partial charge in [-0.25, -0.2) is 9.37 Å². The molecular formula is C14H16FN3. The number of imidazole rings is 1. The molecule has 1 aliphatic carbocycles. The fourth-order valence-corrected chi connectivity index (χ4v) is 2.32. The van der Waals surface area contributed by atoms with Gasteiger partial charge in [0.2, 0.25) is 0 Å². The fourth-order valence-electron chi connectivity index (χ4n) is 2.32. The van der Waals surface area contributed by atoms with Gasteiger partial charge in [-0.15, -0.1) is 0 Å². The molecule has 3 nitrogen and oxygen atoms in total. The van der Waals surface area contributed by atoms with Crippen LogP contribution < -0.4 is 5.73 Å². The first-order valence-electron chi connectivity index (χ1n) is 6.33. The number of aromatic nitrogens is 2. The van der Waals surface area contributed by atoms with Gasteiger partial charge in [0.1, 0.15) is 23.2 Å². The Kier molecular flexibility index (Phi) is 2.58. The van der Waals surface area contributed by atoms with Crippen LogP contribution in [-0.4, -0.2) is 9.55 Å². The van der Waals surface area contributed by atoms with E-state index >= 15 is 0 Å². The van der Waals surface area contributed by atoms with Gasteiger partial charge in [-0.2, -0.15) is 0 Å². The molecule has 0 saturated heterocycles. The standard InChI is InChI=1S/C14H16FN3/c1-2-18-13(16)12(17-14(18)9-7-8-9)10-5-3-4-6-11(10)15/h3-6,9H,2,7-8,16H2,1H3. The third-order valence-corrected chi connectivity index (χ3v) is 3.42. The van der Waals surface area contributed by atoms with Crippen molar-refractivity contribution in [2.24, 2.45) is 0 Å². The molecule has 2 aromatic rings. The molecule has 1 saturated carbocycles. The van der Waals surface area contributed by atoms with Crippen molar-refractivity contribution in [2.75, 3.05) is 5.73 Å². The number of rotatable bonds is 3. The molecule has 0 atom stereocenters. The van der Waals surface area contributed by atoms with Crippen LogP contribution in [0, 0.1) is 5.82 Å². The summed E-state index contributed by atoms with van der Waals surface area (Å²) in [5.41, 5.74) is 7.19. The predicted octanol–water partition coefficient (Wildman–Crippen LogP) is 3.17. The second-order valence-electron chi connectivity index (χ2n) is 4.70. The first kappa shape index (κ1) is 11.3. The summed E-state index contributed by atoms with van der Waals surface area (Å²) >= 11 is 0. The van der Waals surface area contributed by atoms with Crippen molar-refractivity contribution in [1.29, 1.82) is 0 Å². The lowest BCUT2D eigenvalue weighted by Crippen LogP contribution is -2.04. The quantitative estimate of drug-likeness (QED) is 0.902. The van der Waals surface area contributed by atoms with E-state index in [1.165, 1.54) is 6.07 Å². The number of nitrogens with zero attached hydrogens (tertiary/aromatic N) is 2. The number of nitrogen functional groups attached to an aromatic ring is 1. The smallest absolute Gasteiger partial charge is 0.132 e. The number of anilines is 1. The minimum atomic E-state index is -0.271. The summed E-state index contributed by atoms with van der Waals surface area (Å²) in [6.07, 6.45) is 2.32. The second kappa shape index (κ2) is 4.12. The predicted molar refractivity (Wildman–Crippen MR) is 69.7 cm³/mol. The lowest BCUT2D eigenvalue weighted by molar-refractivity contribution is 0.631. The molecule has 0 unspecified atom stereocenters. The summed E-state index contributed by atoms with van der Waals surface area (Å²) in [6.45, 7) is 2.81. The first-order chi connectivity index (χ1) is 8.72. The van der Waals surface area contributed by atoms with E-state index in [0.29, 0.717) is 23.0 Å². The summed E-state index contributed by atoms with van der Waals surface area (Å²) in [7, 11) is 0. The van der Waals surface area contributed by atoms with Crippen LogP contribution in [0.1, 0.15) is 31.5 Å². The van der Waals surface area contributed by atoms with Gasteiger partial charge in [0.05, 0.1) is 0 Å². The number of nitrogens with two attached hydrogens (primary N) is 1. The molecule has 1 fully saturated rings. The first-order valence-corrected chi connectivity index (χ1v) is 6.33. The maximum Gasteiger partial charge on any atom is 0.132 e. The zero-order valence-electron chi connectivity index (χ0n) is 10.4. The molecule has 0 radical (unpaired) electrons. The van der Waals surface area contributed by atoms with Crippen molar-refractivity contribution in [3.05, 3.63) is 35.9 Å². The van der Waals surface area contributed by atoms with Gasteiger partial charge in [-0.1, -0.05) is 12.1 Å². The Morgan fingerprint density at radius 2 is 2.11 bits per heavy atom. The zero-order chi connectivity index (χ0) is 12.7. The van der Waals surface area contributed by atoms with Gasteiger partial charge in [-0.3, -0.25) is 0 Å². The summed E-state index contributed by atoms with van der Waals surface area (Å²) < 4.78 is 15.8. The fraction of sp³-hybridized carbons (Fsp3) is 0.357. The largest absolute Gasteiger partial charge is 0.383 e. The summed E-state index contributed by atoms with van der Waals surface area (Å²) in [6, 6.07) is 6.65. The Hall–Kier alpha value is -1.84. The van der Waals surface area contributed by atoms with Crippen LogP contribution in [-0.2, 0) is 6.54 Å². The minimum absolute atomic E-state index is 0.271. The van der Waals surface area contributed by atoms with Gasteiger partial charge < -0.3 is 10.3 Å². The van der Waals surface area contributed by atoms with Crippen molar-refractivity contribution in [3.8, 4) is 11.3 Å². The molecule has 18 heavy (non-hydrogen) atoms. The van der Waals surface area contributed by atoms with Gasteiger partial charge >= 0.3 is 0 Å². The van der Waals surface area contributed by atoms with Crippen LogP contribution in [0.2, 0.25) is 0 Å². The highest BCUT2D eigenvalue weighted by atomic mass is 19.1. The summed E-state index contributed by atoms with van der Waals surface area (Å²) in [4.78, 5) is 4.57. The van der Waals surface area contributed by atoms with Crippen LogP contribution in [0.5, 0.6) is 0 Å². The number of hydrogen-bond donors (Lipinski definition) is 1. The van der Waals surface area contributed by atoms with E-state index in [2.05, 4.69) is 4.98 Å². The zero-order valence-corrected chi connectivity index (χ0v) is 10.4. The molecular weight excluding hydrogens is 229 g/mol. The van der Waals surface area contributed by atoms with Crippen molar-refractivity contribution in [3.63, 3.8) is 0 Å². The molecule has 3 rings (SSSR count). The lowest BCUT2D eigenvalue weighted by Gasteiger charge is -2.05. The molecule has 1 aromatic carbocycles. The second-order valence-corrected chi connectivity index (χ2v) is 4.70. The molecule has 4 heteroatoms. The molecule has 1 aromatic heterocycles. The number of hydrogen-bond acceptors (Lipinski definition) is 2. The normalized spacial score (nSPS) is 15.0. The van der Waals surface area contributed by atoms with Crippen LogP contribution >= 0.6 is 0 Å². The molecule has 0 spiro atoms. The van der Waals surface area contributed by atoms with E-state index in [-0.39, 0.29) is 5.82 Å². The van der Waals surface area contributed by atoms with E-state index < -0.39 is 0 Å². The summed E-state index contributed by atoms with van der Waals surface area (Å²) in [5.74, 6) is 1.82. The highest BCUT2D eigenvalue weighted by molar-refractivity contribution is 5.71. The Balaban J connectivity index is 2.15. The highest BCUT2D eigenvalue weighted by Gasteiger charge is 2.30. The van der Waals surface area contributed by atoms with Crippen molar-refractivity contribution in [1.82, 2.24) is 9.55 Å². The van der Waals surface area contributed by atoms with E-state index in [9.17, 15) is 4.39 Å². The van der Waals surface area contributed by atoms with Gasteiger partial charge in [0.25, 0.3) is 0 Å². The Morgan fingerprint density at radius 3 is 2.72 bits per heavy atom. The third-order valence-electron chi connectivity index (χ3n) is 3.42. The van der Waals surface area contributed by atoms with E-state index in [4.69, 9.17) is 5.73 Å². The van der Waals surface area contributed by atoms with E-state index in [0.717, 1.165) is 25.2 Å². The lowest BCUT2D eigenvalue weighted by atomic mass is 10.1. The van der Waals surface area contributed by atoms with Crippen LogP contribution in [0.3, 0.4) is 0 Å². The van der Waals surface area contributed by atoms with Gasteiger partial charge in [0.15, 0.2) is 0 Å². The van der Waals surface area contributed by atoms with Crippen molar-refractivity contribution >= 4 is 5.82 Å². The average Bonchev–Trinajstić information content (AvgIpc) is 3.15. The third kappa shape index (κ3) is 1.68. The van der Waals surface area contributed by atoms with Crippen LogP contribution in [0.4, 0.5) is 10.2 Å². The molecule has 0 amide bonds. The molecule has 0 bridgehead atoms. The van der Waals surface area contributed by atoms with Gasteiger partial charge in [0, 0.05) is 18.0 Å². The Labute approximate surface area is 105 Å². The molecule has 0 aliphatic heterocycles. The topological polar surface area (TPSA) is 43.8 Å². The molecule has 94 valence electrons. The number of halogens is 1. The number of benzene rings is 1. The molecule has 2 N–H and O–H groups in total. The Morgan fingerprint density at radius 1 is 1.39 bits per heavy atom.